The van der Waals surface area contributed by atoms with Crippen LogP contribution in [0.3, 0.4) is 0 Å². The molecule has 1 aliphatic heterocycles. The van der Waals surface area contributed by atoms with Crippen molar-refractivity contribution in [3.8, 4) is 0 Å². The summed E-state index contributed by atoms with van der Waals surface area (Å²) in [6, 6.07) is 0. The minimum atomic E-state index is -0.475. The summed E-state index contributed by atoms with van der Waals surface area (Å²) in [5, 5.41) is 0. The molecule has 0 aromatic heterocycles. The third-order valence-corrected chi connectivity index (χ3v) is 1.95. The van der Waals surface area contributed by atoms with Crippen LogP contribution in [0.4, 0.5) is 0 Å². The van der Waals surface area contributed by atoms with Gasteiger partial charge in [0.05, 0.1) is 13.7 Å². The lowest BCUT2D eigenvalue weighted by Crippen LogP contribution is -2.05. The molecular formula is C8H14O4S. The van der Waals surface area contributed by atoms with Crippen LogP contribution in [0.2, 0.25) is 0 Å². The fourth-order valence-corrected chi connectivity index (χ4v) is 1.16. The summed E-state index contributed by atoms with van der Waals surface area (Å²) < 4.78 is 9.06. The highest BCUT2D eigenvalue weighted by atomic mass is 32.2. The number of carbonyl (C=O) groups excluding carboxylic acids is 2. The van der Waals surface area contributed by atoms with Crippen LogP contribution in [-0.4, -0.2) is 31.2 Å². The van der Waals surface area contributed by atoms with Crippen LogP contribution in [0.1, 0.15) is 19.8 Å². The summed E-state index contributed by atoms with van der Waals surface area (Å²) in [6.07, 6.45) is 1.13. The molecule has 0 saturated carbocycles. The molecule has 0 amide bonds. The van der Waals surface area contributed by atoms with Crippen molar-refractivity contribution in [3.05, 3.63) is 0 Å². The molecule has 1 rings (SSSR count). The first-order valence-corrected chi connectivity index (χ1v) is 4.88. The van der Waals surface area contributed by atoms with Gasteiger partial charge in [-0.1, -0.05) is 0 Å². The van der Waals surface area contributed by atoms with Crippen molar-refractivity contribution >= 4 is 23.8 Å². The first-order chi connectivity index (χ1) is 6.16. The van der Waals surface area contributed by atoms with Gasteiger partial charge in [-0.2, -0.15) is 0 Å². The van der Waals surface area contributed by atoms with Crippen LogP contribution in [0.15, 0.2) is 0 Å². The molecule has 4 nitrogen and oxygen atoms in total. The average molecular weight is 206 g/mol. The van der Waals surface area contributed by atoms with Gasteiger partial charge in [-0.3, -0.25) is 9.59 Å². The van der Waals surface area contributed by atoms with Crippen molar-refractivity contribution < 1.29 is 18.5 Å². The highest BCUT2D eigenvalue weighted by molar-refractivity contribution is 7.94. The van der Waals surface area contributed by atoms with Crippen molar-refractivity contribution in [3.63, 3.8) is 0 Å². The van der Waals surface area contributed by atoms with Gasteiger partial charge >= 0.3 is 5.97 Å². The number of esters is 1. The van der Waals surface area contributed by atoms with Crippen LogP contribution < -0.4 is 0 Å². The van der Waals surface area contributed by atoms with Gasteiger partial charge in [-0.25, -0.2) is 0 Å². The molecular weight excluding hydrogens is 192 g/mol. The molecule has 0 aliphatic carbocycles. The highest BCUT2D eigenvalue weighted by Gasteiger charge is 2.01. The number of rotatable bonds is 2. The van der Waals surface area contributed by atoms with E-state index in [1.54, 1.807) is 12.0 Å². The van der Waals surface area contributed by atoms with Gasteiger partial charge < -0.3 is 8.92 Å². The van der Waals surface area contributed by atoms with Crippen LogP contribution in [0.25, 0.3) is 0 Å². The third kappa shape index (κ3) is 9.36. The maximum atomic E-state index is 10.2. The Morgan fingerprint density at radius 3 is 2.38 bits per heavy atom. The molecule has 5 heteroatoms. The number of Topliss-reactive ketones (excluding diaryl/α,β-unsaturated/α-hetero) is 1. The van der Waals surface area contributed by atoms with E-state index >= 15 is 0 Å². The molecule has 1 aliphatic rings. The van der Waals surface area contributed by atoms with E-state index in [1.807, 2.05) is 0 Å². The Kier molecular flexibility index (Phi) is 7.73. The van der Waals surface area contributed by atoms with Gasteiger partial charge in [0.2, 0.25) is 0 Å². The second kappa shape index (κ2) is 8.07. The molecule has 1 fully saturated rings. The molecule has 0 radical (unpaired) electrons. The largest absolute Gasteiger partial charge is 0.469 e. The second-order valence-corrected chi connectivity index (χ2v) is 3.33. The Balaban J connectivity index is 0.000000243. The average Bonchev–Trinajstić information content (AvgIpc) is 2.59. The van der Waals surface area contributed by atoms with E-state index in [0.717, 1.165) is 6.61 Å². The fraction of sp³-hybridized carbons (Fsp3) is 0.750. The van der Waals surface area contributed by atoms with E-state index < -0.39 is 5.97 Å². The number of ether oxygens (including phenoxy) is 1. The summed E-state index contributed by atoms with van der Waals surface area (Å²) in [6.45, 7) is 2.31. The summed E-state index contributed by atoms with van der Waals surface area (Å²) in [5.41, 5.74) is 0. The zero-order valence-corrected chi connectivity index (χ0v) is 8.69. The second-order valence-electron chi connectivity index (χ2n) is 2.45. The summed E-state index contributed by atoms with van der Waals surface area (Å²) in [4.78, 5) is 20.3. The van der Waals surface area contributed by atoms with E-state index in [4.69, 9.17) is 4.18 Å². The van der Waals surface area contributed by atoms with E-state index in [-0.39, 0.29) is 12.2 Å². The van der Waals surface area contributed by atoms with Crippen LogP contribution in [0, 0.1) is 0 Å². The maximum absolute atomic E-state index is 10.2. The molecule has 1 heterocycles. The number of hydrogen-bond donors (Lipinski definition) is 0. The summed E-state index contributed by atoms with van der Waals surface area (Å²) in [7, 11) is 1.26. The Morgan fingerprint density at radius 1 is 1.54 bits per heavy atom. The lowest BCUT2D eigenvalue weighted by atomic mass is 10.3. The molecule has 76 valence electrons. The number of ketones is 1. The van der Waals surface area contributed by atoms with Crippen molar-refractivity contribution in [1.82, 2.24) is 0 Å². The van der Waals surface area contributed by atoms with E-state index in [2.05, 4.69) is 4.74 Å². The van der Waals surface area contributed by atoms with E-state index in [1.165, 1.54) is 26.2 Å². The topological polar surface area (TPSA) is 52.6 Å². The smallest absolute Gasteiger partial charge is 0.313 e. The van der Waals surface area contributed by atoms with Crippen molar-refractivity contribution in [2.45, 2.75) is 19.8 Å². The summed E-state index contributed by atoms with van der Waals surface area (Å²) >= 11 is 1.57. The van der Waals surface area contributed by atoms with E-state index in [0.29, 0.717) is 0 Å². The first kappa shape index (κ1) is 12.4. The minimum absolute atomic E-state index is 0.115. The number of hydrogen-bond acceptors (Lipinski definition) is 5. The number of methoxy groups -OCH3 is 1. The van der Waals surface area contributed by atoms with Crippen molar-refractivity contribution in [1.29, 1.82) is 0 Å². The standard InChI is InChI=1S/C5H8O3.C3H6OS/c1-4(6)3-5(7)8-2;1-2-4-5-3-1/h3H2,1-2H3;1-3H2. The Hall–Kier alpha value is -0.550. The van der Waals surface area contributed by atoms with E-state index in [9.17, 15) is 9.59 Å². The van der Waals surface area contributed by atoms with Gasteiger partial charge in [0.25, 0.3) is 0 Å². The van der Waals surface area contributed by atoms with Crippen molar-refractivity contribution in [2.75, 3.05) is 19.5 Å². The van der Waals surface area contributed by atoms with Crippen molar-refractivity contribution in [2.24, 2.45) is 0 Å². The Morgan fingerprint density at radius 2 is 2.23 bits per heavy atom. The maximum Gasteiger partial charge on any atom is 0.313 e. The normalized spacial score (nSPS) is 14.3. The lowest BCUT2D eigenvalue weighted by Gasteiger charge is -1.90. The van der Waals surface area contributed by atoms with Crippen LogP contribution >= 0.6 is 12.0 Å². The van der Waals surface area contributed by atoms with Gasteiger partial charge in [0, 0.05) is 5.75 Å². The fourth-order valence-electron chi connectivity index (χ4n) is 0.570. The Labute approximate surface area is 82.2 Å². The number of carbonyl (C=O) groups is 2. The third-order valence-electron chi connectivity index (χ3n) is 1.16. The zero-order chi connectivity index (χ0) is 10.1. The lowest BCUT2D eigenvalue weighted by molar-refractivity contribution is -0.142. The van der Waals surface area contributed by atoms with Gasteiger partial charge in [-0.15, -0.1) is 0 Å². The quantitative estimate of drug-likeness (QED) is 0.386. The SMILES string of the molecule is C1COSC1.COC(=O)CC(C)=O. The van der Waals surface area contributed by atoms with Gasteiger partial charge in [0.15, 0.2) is 0 Å². The summed E-state index contributed by atoms with van der Waals surface area (Å²) in [5.74, 6) is 0.550. The molecule has 0 aromatic carbocycles. The molecule has 0 unspecified atom stereocenters. The zero-order valence-electron chi connectivity index (χ0n) is 7.87. The Bertz CT molecular complexity index is 158. The van der Waals surface area contributed by atoms with Crippen LogP contribution in [-0.2, 0) is 18.5 Å². The molecule has 0 N–H and O–H groups in total. The highest BCUT2D eigenvalue weighted by Crippen LogP contribution is 2.11. The minimum Gasteiger partial charge on any atom is -0.469 e. The monoisotopic (exact) mass is 206 g/mol. The first-order valence-electron chi connectivity index (χ1n) is 3.97. The molecule has 0 spiro atoms. The molecule has 0 bridgehead atoms. The van der Waals surface area contributed by atoms with Gasteiger partial charge in [0.1, 0.15) is 12.2 Å². The molecule has 1 saturated heterocycles. The van der Waals surface area contributed by atoms with Crippen LogP contribution in [0.5, 0.6) is 0 Å². The van der Waals surface area contributed by atoms with Gasteiger partial charge in [-0.05, 0) is 25.4 Å². The molecule has 0 atom stereocenters. The molecule has 13 heavy (non-hydrogen) atoms. The predicted octanol–water partition coefficient (Wildman–Crippen LogP) is 1.19. The molecule has 0 aromatic rings. The predicted molar refractivity (Wildman–Crippen MR) is 50.3 cm³/mol.